The maximum Gasteiger partial charge on any atom is 0.255 e. The predicted octanol–water partition coefficient (Wildman–Crippen LogP) is 1.86. The summed E-state index contributed by atoms with van der Waals surface area (Å²) in [5.41, 5.74) is 3.10. The first-order chi connectivity index (χ1) is 16.5. The molecule has 3 aliphatic heterocycles. The number of benzene rings is 2. The number of hydrogen-bond acceptors (Lipinski definition) is 6. The Bertz CT molecular complexity index is 1130. The molecule has 0 bridgehead atoms. The summed E-state index contributed by atoms with van der Waals surface area (Å²) in [4.78, 5) is 40.5. The number of nitrogens with one attached hydrogen (secondary N) is 1. The third-order valence-corrected chi connectivity index (χ3v) is 6.37. The van der Waals surface area contributed by atoms with E-state index in [1.54, 1.807) is 12.1 Å². The Kier molecular flexibility index (Phi) is 5.76. The summed E-state index contributed by atoms with van der Waals surface area (Å²) in [5, 5.41) is 2.32. The molecular weight excluding hydrogens is 422 g/mol. The SMILES string of the molecule is [2H]c1cc(COc2cccc3c2CN(C2CCC(=O)NC2=O)C3=O)ccc1CN1CCOCC1. The lowest BCUT2D eigenvalue weighted by molar-refractivity contribution is -0.136. The molecular formula is C25H27N3O5. The zero-order chi connectivity index (χ0) is 23.7. The number of amides is 3. The number of ether oxygens (including phenoxy) is 2. The van der Waals surface area contributed by atoms with Crippen LogP contribution >= 0.6 is 0 Å². The van der Waals surface area contributed by atoms with Gasteiger partial charge in [0, 0.05) is 37.2 Å². The van der Waals surface area contributed by atoms with Crippen LogP contribution in [0.3, 0.4) is 0 Å². The molecule has 5 rings (SSSR count). The molecule has 3 heterocycles. The second-order valence-electron chi connectivity index (χ2n) is 8.58. The summed E-state index contributed by atoms with van der Waals surface area (Å²) in [5.74, 6) is -0.375. The third kappa shape index (κ3) is 4.62. The number of rotatable bonds is 6. The lowest BCUT2D eigenvalue weighted by Gasteiger charge is -2.29. The van der Waals surface area contributed by atoms with Crippen LogP contribution in [0.15, 0.2) is 42.4 Å². The zero-order valence-electron chi connectivity index (χ0n) is 19.3. The van der Waals surface area contributed by atoms with Crippen molar-refractivity contribution in [3.8, 4) is 5.75 Å². The van der Waals surface area contributed by atoms with E-state index in [1.165, 1.54) is 4.90 Å². The van der Waals surface area contributed by atoms with Crippen molar-refractivity contribution in [3.63, 3.8) is 0 Å². The minimum absolute atomic E-state index is 0.219. The van der Waals surface area contributed by atoms with Crippen LogP contribution in [0.1, 0.15) is 41.3 Å². The summed E-state index contributed by atoms with van der Waals surface area (Å²) >= 11 is 0. The molecule has 172 valence electrons. The largest absolute Gasteiger partial charge is 0.489 e. The number of nitrogens with zero attached hydrogens (tertiary/aromatic N) is 2. The third-order valence-electron chi connectivity index (χ3n) is 6.37. The van der Waals surface area contributed by atoms with Crippen molar-refractivity contribution in [1.29, 1.82) is 0 Å². The lowest BCUT2D eigenvalue weighted by Crippen LogP contribution is -2.52. The fourth-order valence-corrected chi connectivity index (χ4v) is 4.53. The minimum Gasteiger partial charge on any atom is -0.489 e. The van der Waals surface area contributed by atoms with Crippen LogP contribution in [0.2, 0.25) is 0 Å². The van der Waals surface area contributed by atoms with Crippen LogP contribution in [0.25, 0.3) is 0 Å². The van der Waals surface area contributed by atoms with Crippen LogP contribution in [-0.4, -0.2) is 59.9 Å². The van der Waals surface area contributed by atoms with E-state index in [0.717, 1.165) is 49.5 Å². The Morgan fingerprint density at radius 3 is 2.70 bits per heavy atom. The van der Waals surface area contributed by atoms with Gasteiger partial charge in [-0.15, -0.1) is 0 Å². The van der Waals surface area contributed by atoms with Gasteiger partial charge in [-0.1, -0.05) is 30.3 Å². The molecule has 0 aromatic heterocycles. The normalized spacial score (nSPS) is 21.6. The van der Waals surface area contributed by atoms with Gasteiger partial charge in [-0.05, 0) is 29.7 Å². The highest BCUT2D eigenvalue weighted by molar-refractivity contribution is 6.05. The van der Waals surface area contributed by atoms with Gasteiger partial charge < -0.3 is 14.4 Å². The highest BCUT2D eigenvalue weighted by Crippen LogP contribution is 2.34. The Labute approximate surface area is 193 Å². The molecule has 3 amide bonds. The summed E-state index contributed by atoms with van der Waals surface area (Å²) in [6.07, 6.45) is 0.542. The van der Waals surface area contributed by atoms with Gasteiger partial charge in [0.05, 0.1) is 21.1 Å². The first-order valence-corrected chi connectivity index (χ1v) is 11.3. The standard InChI is InChI=1S/C25H27N3O5/c29-23-9-8-21(24(30)26-23)28-15-20-19(25(28)31)2-1-3-22(20)33-16-18-6-4-17(5-7-18)14-27-10-12-32-13-11-27/h1-7,21H,8-16H2,(H,26,29,30)/i4D. The number of hydrogen-bond donors (Lipinski definition) is 1. The molecule has 0 aliphatic carbocycles. The second kappa shape index (κ2) is 9.33. The Balaban J connectivity index is 1.26. The Hall–Kier alpha value is -3.23. The smallest absolute Gasteiger partial charge is 0.255 e. The zero-order valence-corrected chi connectivity index (χ0v) is 18.3. The topological polar surface area (TPSA) is 88.2 Å². The molecule has 2 fully saturated rings. The number of fused-ring (bicyclic) bond motifs is 1. The predicted molar refractivity (Wildman–Crippen MR) is 119 cm³/mol. The maximum atomic E-state index is 13.0. The van der Waals surface area contributed by atoms with Gasteiger partial charge in [0.2, 0.25) is 11.8 Å². The van der Waals surface area contributed by atoms with Gasteiger partial charge in [0.15, 0.2) is 0 Å². The van der Waals surface area contributed by atoms with Crippen molar-refractivity contribution in [2.75, 3.05) is 26.3 Å². The van der Waals surface area contributed by atoms with E-state index in [1.807, 2.05) is 24.3 Å². The molecule has 8 heteroatoms. The summed E-state index contributed by atoms with van der Waals surface area (Å²) in [6.45, 7) is 4.46. The fourth-order valence-electron chi connectivity index (χ4n) is 4.53. The van der Waals surface area contributed by atoms with E-state index in [-0.39, 0.29) is 31.4 Å². The number of morpholine rings is 1. The molecule has 8 nitrogen and oxygen atoms in total. The van der Waals surface area contributed by atoms with E-state index < -0.39 is 11.9 Å². The van der Waals surface area contributed by atoms with Crippen LogP contribution in [0, 0.1) is 0 Å². The highest BCUT2D eigenvalue weighted by Gasteiger charge is 2.40. The first kappa shape index (κ1) is 20.4. The van der Waals surface area contributed by atoms with E-state index in [4.69, 9.17) is 10.8 Å². The van der Waals surface area contributed by atoms with Gasteiger partial charge in [-0.2, -0.15) is 0 Å². The van der Waals surface area contributed by atoms with Crippen molar-refractivity contribution < 1.29 is 25.2 Å². The van der Waals surface area contributed by atoms with Crippen LogP contribution < -0.4 is 10.1 Å². The van der Waals surface area contributed by atoms with E-state index in [2.05, 4.69) is 10.2 Å². The maximum absolute atomic E-state index is 13.0. The van der Waals surface area contributed by atoms with Gasteiger partial charge in [-0.3, -0.25) is 24.6 Å². The van der Waals surface area contributed by atoms with Crippen LogP contribution in [0.5, 0.6) is 5.75 Å². The summed E-state index contributed by atoms with van der Waals surface area (Å²) < 4.78 is 19.9. The molecule has 3 aliphatic rings. The van der Waals surface area contributed by atoms with E-state index in [0.29, 0.717) is 23.8 Å². The molecule has 1 unspecified atom stereocenters. The summed E-state index contributed by atoms with van der Waals surface area (Å²) in [7, 11) is 0. The first-order valence-electron chi connectivity index (χ1n) is 11.8. The summed E-state index contributed by atoms with van der Waals surface area (Å²) in [6, 6.07) is 10.9. The van der Waals surface area contributed by atoms with Crippen molar-refractivity contribution in [1.82, 2.24) is 15.1 Å². The van der Waals surface area contributed by atoms with Crippen molar-refractivity contribution in [2.45, 2.75) is 38.6 Å². The second-order valence-corrected chi connectivity index (χ2v) is 8.58. The van der Waals surface area contributed by atoms with E-state index >= 15 is 0 Å². The molecule has 33 heavy (non-hydrogen) atoms. The minimum atomic E-state index is -0.657. The quantitative estimate of drug-likeness (QED) is 0.676. The van der Waals surface area contributed by atoms with Gasteiger partial charge in [0.25, 0.3) is 5.91 Å². The van der Waals surface area contributed by atoms with Crippen molar-refractivity contribution in [2.24, 2.45) is 0 Å². The Morgan fingerprint density at radius 2 is 1.91 bits per heavy atom. The van der Waals surface area contributed by atoms with Gasteiger partial charge in [-0.25, -0.2) is 0 Å². The molecule has 1 N–H and O–H groups in total. The van der Waals surface area contributed by atoms with Gasteiger partial charge >= 0.3 is 0 Å². The van der Waals surface area contributed by atoms with Crippen LogP contribution in [0.4, 0.5) is 0 Å². The fraction of sp³-hybridized carbons (Fsp3) is 0.400. The number of piperidine rings is 1. The molecule has 0 spiro atoms. The lowest BCUT2D eigenvalue weighted by atomic mass is 10.0. The number of carbonyl (C=O) groups is 3. The average Bonchev–Trinajstić information content (AvgIpc) is 3.17. The molecule has 2 saturated heterocycles. The molecule has 0 saturated carbocycles. The molecule has 2 aromatic carbocycles. The Morgan fingerprint density at radius 1 is 1.09 bits per heavy atom. The van der Waals surface area contributed by atoms with Gasteiger partial charge in [0.1, 0.15) is 18.4 Å². The van der Waals surface area contributed by atoms with E-state index in [9.17, 15) is 14.4 Å². The number of carbonyl (C=O) groups excluding carboxylic acids is 3. The van der Waals surface area contributed by atoms with Crippen LogP contribution in [-0.2, 0) is 34.0 Å². The van der Waals surface area contributed by atoms with Crippen molar-refractivity contribution in [3.05, 3.63) is 64.7 Å². The van der Waals surface area contributed by atoms with Crippen molar-refractivity contribution >= 4 is 17.7 Å². The number of imide groups is 1. The average molecular weight is 451 g/mol. The molecule has 2 aromatic rings. The molecule has 0 radical (unpaired) electrons. The molecule has 1 atom stereocenters. The highest BCUT2D eigenvalue weighted by atomic mass is 16.5. The monoisotopic (exact) mass is 450 g/mol.